The molecular weight excluding hydrogens is 707 g/mol. The predicted octanol–water partition coefficient (Wildman–Crippen LogP) is 3.43. The standard InChI is InChI=1S/C39H47FN2O12/c1-23-7-9-25(10-8-23)17-33(34(46)21-26(24(2)43)11-14-35(47)48)42-39(54)29(18-27-5-3-4-6-32(27)40)20-31(45)22-41-38(53)28(12-15-36(49)50)19-30(44)13-16-37(51)52/h3-10,26,28-29,33H,11-22H2,1-2H3,(H,41,53)(H,42,54)(H,47,48)(H,49,50)(H,51,52)/t26-,28-,29-,33+/m1/s1. The van der Waals surface area contributed by atoms with E-state index in [1.165, 1.54) is 31.2 Å². The van der Waals surface area contributed by atoms with Crippen molar-refractivity contribution >= 4 is 52.9 Å². The summed E-state index contributed by atoms with van der Waals surface area (Å²) in [6.07, 6.45) is -3.65. The van der Waals surface area contributed by atoms with E-state index in [0.717, 1.165) is 5.56 Å². The van der Waals surface area contributed by atoms with Crippen LogP contribution in [0.3, 0.4) is 0 Å². The predicted molar refractivity (Wildman–Crippen MR) is 191 cm³/mol. The van der Waals surface area contributed by atoms with E-state index in [0.29, 0.717) is 5.56 Å². The summed E-state index contributed by atoms with van der Waals surface area (Å²) in [6, 6.07) is 11.5. The van der Waals surface area contributed by atoms with Crippen molar-refractivity contribution < 1.29 is 62.9 Å². The lowest BCUT2D eigenvalue weighted by Crippen LogP contribution is -2.47. The van der Waals surface area contributed by atoms with E-state index in [4.69, 9.17) is 15.3 Å². The molecule has 14 nitrogen and oxygen atoms in total. The maximum Gasteiger partial charge on any atom is 0.303 e. The molecule has 0 aromatic heterocycles. The molecule has 0 saturated heterocycles. The number of carbonyl (C=O) groups excluding carboxylic acids is 6. The van der Waals surface area contributed by atoms with Crippen LogP contribution in [0.5, 0.6) is 0 Å². The summed E-state index contributed by atoms with van der Waals surface area (Å²) < 4.78 is 14.8. The molecule has 0 spiro atoms. The number of aryl methyl sites for hydroxylation is 1. The number of ketones is 4. The quantitative estimate of drug-likeness (QED) is 0.0929. The Hall–Kier alpha value is -5.60. The smallest absolute Gasteiger partial charge is 0.303 e. The van der Waals surface area contributed by atoms with Crippen molar-refractivity contribution in [3.63, 3.8) is 0 Å². The van der Waals surface area contributed by atoms with Gasteiger partial charge >= 0.3 is 17.9 Å². The van der Waals surface area contributed by atoms with Crippen LogP contribution in [0.2, 0.25) is 0 Å². The molecule has 2 rings (SSSR count). The lowest BCUT2D eigenvalue weighted by molar-refractivity contribution is -0.139. The summed E-state index contributed by atoms with van der Waals surface area (Å²) in [7, 11) is 0. The third kappa shape index (κ3) is 16.8. The van der Waals surface area contributed by atoms with Crippen LogP contribution in [-0.4, -0.2) is 80.8 Å². The van der Waals surface area contributed by atoms with Crippen molar-refractivity contribution in [2.24, 2.45) is 17.8 Å². The highest BCUT2D eigenvalue weighted by atomic mass is 19.1. The lowest BCUT2D eigenvalue weighted by atomic mass is 9.88. The van der Waals surface area contributed by atoms with E-state index in [9.17, 15) is 47.5 Å². The van der Waals surface area contributed by atoms with E-state index < -0.39 is 115 Å². The highest BCUT2D eigenvalue weighted by Gasteiger charge is 2.31. The number of carboxylic acid groups (broad SMARTS) is 3. The molecule has 0 bridgehead atoms. The molecule has 0 aliphatic heterocycles. The van der Waals surface area contributed by atoms with Crippen molar-refractivity contribution in [2.45, 2.75) is 90.5 Å². The zero-order valence-electron chi connectivity index (χ0n) is 30.3. The molecule has 0 aliphatic rings. The van der Waals surface area contributed by atoms with Gasteiger partial charge in [0.25, 0.3) is 0 Å². The summed E-state index contributed by atoms with van der Waals surface area (Å²) in [6.45, 7) is 2.47. The van der Waals surface area contributed by atoms with Crippen LogP contribution in [0.25, 0.3) is 0 Å². The fourth-order valence-corrected chi connectivity index (χ4v) is 5.74. The summed E-state index contributed by atoms with van der Waals surface area (Å²) >= 11 is 0. The lowest BCUT2D eigenvalue weighted by Gasteiger charge is -2.24. The Labute approximate surface area is 311 Å². The molecule has 2 aromatic carbocycles. The first-order valence-electron chi connectivity index (χ1n) is 17.5. The van der Waals surface area contributed by atoms with E-state index in [2.05, 4.69) is 10.6 Å². The average molecular weight is 755 g/mol. The number of hydrogen-bond acceptors (Lipinski definition) is 9. The van der Waals surface area contributed by atoms with Gasteiger partial charge in [-0.2, -0.15) is 0 Å². The van der Waals surface area contributed by atoms with Gasteiger partial charge in [0.05, 0.1) is 19.0 Å². The van der Waals surface area contributed by atoms with Crippen molar-refractivity contribution in [1.82, 2.24) is 10.6 Å². The Balaban J connectivity index is 2.31. The minimum Gasteiger partial charge on any atom is -0.481 e. The van der Waals surface area contributed by atoms with E-state index in [-0.39, 0.29) is 50.5 Å². The maximum atomic E-state index is 14.8. The van der Waals surface area contributed by atoms with Gasteiger partial charge in [-0.05, 0) is 56.7 Å². The zero-order chi connectivity index (χ0) is 40.4. The summed E-state index contributed by atoms with van der Waals surface area (Å²) in [5.41, 5.74) is 1.69. The number of carbonyl (C=O) groups is 9. The number of rotatable bonds is 26. The Morgan fingerprint density at radius 2 is 1.22 bits per heavy atom. The van der Waals surface area contributed by atoms with E-state index in [1.807, 2.05) is 6.92 Å². The third-order valence-corrected chi connectivity index (χ3v) is 8.89. The van der Waals surface area contributed by atoms with Crippen LogP contribution in [0, 0.1) is 30.5 Å². The van der Waals surface area contributed by atoms with Crippen LogP contribution >= 0.6 is 0 Å². The van der Waals surface area contributed by atoms with Gasteiger partial charge in [-0.3, -0.25) is 43.2 Å². The molecule has 0 unspecified atom stereocenters. The zero-order valence-corrected chi connectivity index (χ0v) is 30.3. The van der Waals surface area contributed by atoms with E-state index >= 15 is 0 Å². The third-order valence-electron chi connectivity index (χ3n) is 8.89. The Morgan fingerprint density at radius 3 is 1.80 bits per heavy atom. The summed E-state index contributed by atoms with van der Waals surface area (Å²) in [4.78, 5) is 112. The molecule has 0 saturated carbocycles. The number of hydrogen-bond donors (Lipinski definition) is 5. The largest absolute Gasteiger partial charge is 0.481 e. The summed E-state index contributed by atoms with van der Waals surface area (Å²) in [5, 5.41) is 32.1. The molecule has 15 heteroatoms. The molecule has 0 radical (unpaired) electrons. The highest BCUT2D eigenvalue weighted by Crippen LogP contribution is 2.20. The van der Waals surface area contributed by atoms with E-state index in [1.54, 1.807) is 24.3 Å². The molecule has 2 aromatic rings. The van der Waals surface area contributed by atoms with Gasteiger partial charge in [0.1, 0.15) is 17.4 Å². The SMILES string of the molecule is CC(=O)[C@H](CCC(=O)O)CC(=O)[C@H](Cc1ccc(C)cc1)NC(=O)[C@@H](CC(=O)CNC(=O)[C@H](CCC(=O)O)CC(=O)CCC(=O)O)Cc1ccccc1F. The molecular formula is C39H47FN2O12. The molecule has 5 N–H and O–H groups in total. The Kier molecular flexibility index (Phi) is 18.5. The monoisotopic (exact) mass is 754 g/mol. The number of benzene rings is 2. The van der Waals surface area contributed by atoms with Crippen molar-refractivity contribution in [2.75, 3.05) is 6.54 Å². The molecule has 4 atom stereocenters. The number of Topliss-reactive ketones (excluding diaryl/α,β-unsaturated/α-hetero) is 4. The number of halogens is 1. The van der Waals surface area contributed by atoms with Crippen LogP contribution in [-0.2, 0) is 56.0 Å². The van der Waals surface area contributed by atoms with Gasteiger partial charge in [0.2, 0.25) is 11.8 Å². The normalized spacial score (nSPS) is 13.1. The fraction of sp³-hybridized carbons (Fsp3) is 0.462. The van der Waals surface area contributed by atoms with Gasteiger partial charge in [0, 0.05) is 56.3 Å². The number of aliphatic carboxylic acids is 3. The minimum absolute atomic E-state index is 0.00620. The molecule has 292 valence electrons. The minimum atomic E-state index is -1.25. The molecule has 0 aliphatic carbocycles. The van der Waals surface area contributed by atoms with Crippen molar-refractivity contribution in [3.8, 4) is 0 Å². The fourth-order valence-electron chi connectivity index (χ4n) is 5.74. The first kappa shape index (κ1) is 44.6. The van der Waals surface area contributed by atoms with Crippen LogP contribution in [0.1, 0.15) is 81.4 Å². The van der Waals surface area contributed by atoms with Crippen LogP contribution < -0.4 is 10.6 Å². The molecule has 0 heterocycles. The Bertz CT molecular complexity index is 1690. The number of amides is 2. The second-order valence-electron chi connectivity index (χ2n) is 13.4. The van der Waals surface area contributed by atoms with Gasteiger partial charge < -0.3 is 26.0 Å². The van der Waals surface area contributed by atoms with Crippen LogP contribution in [0.4, 0.5) is 4.39 Å². The van der Waals surface area contributed by atoms with Crippen molar-refractivity contribution in [1.29, 1.82) is 0 Å². The van der Waals surface area contributed by atoms with Gasteiger partial charge in [-0.15, -0.1) is 0 Å². The second kappa shape index (κ2) is 22.5. The first-order chi connectivity index (χ1) is 25.4. The first-order valence-corrected chi connectivity index (χ1v) is 17.5. The van der Waals surface area contributed by atoms with Gasteiger partial charge in [-0.1, -0.05) is 48.0 Å². The topological polar surface area (TPSA) is 238 Å². The number of carboxylic acids is 3. The maximum absolute atomic E-state index is 14.8. The highest BCUT2D eigenvalue weighted by molar-refractivity contribution is 5.95. The Morgan fingerprint density at radius 1 is 0.648 bits per heavy atom. The average Bonchev–Trinajstić information content (AvgIpc) is 3.10. The van der Waals surface area contributed by atoms with Crippen LogP contribution in [0.15, 0.2) is 48.5 Å². The molecule has 0 fully saturated rings. The van der Waals surface area contributed by atoms with Crippen molar-refractivity contribution in [3.05, 3.63) is 71.0 Å². The van der Waals surface area contributed by atoms with Gasteiger partial charge in [0.15, 0.2) is 11.6 Å². The second-order valence-corrected chi connectivity index (χ2v) is 13.4. The summed E-state index contributed by atoms with van der Waals surface area (Å²) in [5.74, 6) is -11.4. The number of nitrogens with one attached hydrogen (secondary N) is 2. The molecule has 2 amide bonds. The van der Waals surface area contributed by atoms with Gasteiger partial charge in [-0.25, -0.2) is 4.39 Å². The molecule has 54 heavy (non-hydrogen) atoms.